The minimum Gasteiger partial charge on any atom is -0.478 e. The molecule has 0 spiro atoms. The van der Waals surface area contributed by atoms with Gasteiger partial charge in [-0.15, -0.1) is 0 Å². The van der Waals surface area contributed by atoms with Crippen molar-refractivity contribution in [1.82, 2.24) is 10.2 Å². The Bertz CT molecular complexity index is 990. The van der Waals surface area contributed by atoms with E-state index in [0.717, 1.165) is 17.0 Å². The highest BCUT2D eigenvalue weighted by Gasteiger charge is 2.30. The molecule has 0 saturated carbocycles. The predicted octanol–water partition coefficient (Wildman–Crippen LogP) is 6.14. The smallest absolute Gasteiger partial charge is 0.331 e. The molecular weight excluding hydrogens is 476 g/mol. The number of carbonyl (C=O) groups excluding carboxylic acids is 2. The van der Waals surface area contributed by atoms with E-state index in [9.17, 15) is 19.5 Å². The maximum Gasteiger partial charge on any atom is 0.331 e. The average molecular weight is 523 g/mol. The molecule has 0 aromatic heterocycles. The molecule has 2 aromatic carbocycles. The van der Waals surface area contributed by atoms with Crippen LogP contribution >= 0.6 is 0 Å². The summed E-state index contributed by atoms with van der Waals surface area (Å²) < 4.78 is 0. The van der Waals surface area contributed by atoms with Crippen LogP contribution < -0.4 is 5.32 Å². The topological polar surface area (TPSA) is 86.7 Å². The van der Waals surface area contributed by atoms with Gasteiger partial charge < -0.3 is 15.3 Å². The number of nitrogens with zero attached hydrogens (tertiary/aromatic N) is 1. The largest absolute Gasteiger partial charge is 0.478 e. The highest BCUT2D eigenvalue weighted by molar-refractivity contribution is 5.88. The zero-order valence-electron chi connectivity index (χ0n) is 24.3. The molecule has 0 heterocycles. The van der Waals surface area contributed by atoms with Crippen molar-refractivity contribution in [2.24, 2.45) is 17.8 Å². The zero-order chi connectivity index (χ0) is 28.8. The van der Waals surface area contributed by atoms with Gasteiger partial charge in [0.15, 0.2) is 0 Å². The Kier molecular flexibility index (Phi) is 14.1. The van der Waals surface area contributed by atoms with E-state index in [2.05, 4.69) is 26.1 Å². The van der Waals surface area contributed by atoms with E-state index >= 15 is 0 Å². The summed E-state index contributed by atoms with van der Waals surface area (Å²) in [6.45, 7) is 13.7. The lowest BCUT2D eigenvalue weighted by atomic mass is 9.79. The lowest BCUT2D eigenvalue weighted by Gasteiger charge is -2.30. The fraction of sp³-hybridized carbons (Fsp3) is 0.469. The number of likely N-dealkylation sites (N-methyl/N-ethyl adjacent to an activating group) is 1. The quantitative estimate of drug-likeness (QED) is 0.347. The molecule has 6 nitrogen and oxygen atoms in total. The van der Waals surface area contributed by atoms with Crippen LogP contribution in [0.5, 0.6) is 0 Å². The Morgan fingerprint density at radius 3 is 1.71 bits per heavy atom. The molecule has 0 aliphatic rings. The Hall–Kier alpha value is -3.41. The molecule has 0 fully saturated rings. The molecule has 2 amide bonds. The van der Waals surface area contributed by atoms with Gasteiger partial charge in [0.25, 0.3) is 0 Å². The number of hydrogen-bond acceptors (Lipinski definition) is 3. The van der Waals surface area contributed by atoms with E-state index in [1.165, 1.54) is 11.8 Å². The second-order valence-electron chi connectivity index (χ2n) is 10.7. The van der Waals surface area contributed by atoms with Crippen molar-refractivity contribution in [1.29, 1.82) is 0 Å². The van der Waals surface area contributed by atoms with Gasteiger partial charge >= 0.3 is 5.97 Å². The summed E-state index contributed by atoms with van der Waals surface area (Å²) >= 11 is 0. The van der Waals surface area contributed by atoms with Gasteiger partial charge in [-0.25, -0.2) is 4.79 Å². The number of amides is 2. The predicted molar refractivity (Wildman–Crippen MR) is 155 cm³/mol. The lowest BCUT2D eigenvalue weighted by molar-refractivity contribution is -0.135. The first-order chi connectivity index (χ1) is 17.9. The molecule has 2 rings (SSSR count). The molecule has 208 valence electrons. The first kappa shape index (κ1) is 32.6. The van der Waals surface area contributed by atoms with E-state index in [1.54, 1.807) is 13.1 Å². The summed E-state index contributed by atoms with van der Waals surface area (Å²) in [6, 6.07) is 19.5. The molecule has 2 N–H and O–H groups in total. The average Bonchev–Trinajstić information content (AvgIpc) is 2.88. The van der Waals surface area contributed by atoms with Gasteiger partial charge in [-0.2, -0.15) is 0 Å². The van der Waals surface area contributed by atoms with Gasteiger partial charge in [-0.05, 0) is 36.3 Å². The maximum absolute atomic E-state index is 13.3. The van der Waals surface area contributed by atoms with E-state index in [0.29, 0.717) is 6.42 Å². The third-order valence-electron chi connectivity index (χ3n) is 6.19. The highest BCUT2D eigenvalue weighted by atomic mass is 16.4. The third kappa shape index (κ3) is 10.5. The highest BCUT2D eigenvalue weighted by Crippen LogP contribution is 2.34. The van der Waals surface area contributed by atoms with Crippen LogP contribution in [-0.4, -0.2) is 47.4 Å². The van der Waals surface area contributed by atoms with Gasteiger partial charge in [0, 0.05) is 24.5 Å². The lowest BCUT2D eigenvalue weighted by Crippen LogP contribution is -2.46. The number of hydrogen-bond donors (Lipinski definition) is 2. The second kappa shape index (κ2) is 16.4. The molecular formula is C32H46N2O4. The summed E-state index contributed by atoms with van der Waals surface area (Å²) in [7, 11) is 1.64. The third-order valence-corrected chi connectivity index (χ3v) is 6.19. The summed E-state index contributed by atoms with van der Waals surface area (Å²) in [4.78, 5) is 38.9. The van der Waals surface area contributed by atoms with Gasteiger partial charge in [-0.1, -0.05) is 108 Å². The number of carbonyl (C=O) groups is 3. The Morgan fingerprint density at radius 1 is 0.895 bits per heavy atom. The Morgan fingerprint density at radius 2 is 1.34 bits per heavy atom. The Balaban J connectivity index is 0.00000168. The minimum absolute atomic E-state index is 0.0166. The van der Waals surface area contributed by atoms with Crippen molar-refractivity contribution < 1.29 is 19.5 Å². The van der Waals surface area contributed by atoms with Gasteiger partial charge in [0.05, 0.1) is 12.6 Å². The fourth-order valence-corrected chi connectivity index (χ4v) is 4.21. The monoisotopic (exact) mass is 522 g/mol. The molecule has 0 radical (unpaired) electrons. The van der Waals surface area contributed by atoms with Crippen molar-refractivity contribution in [2.45, 2.75) is 66.8 Å². The van der Waals surface area contributed by atoms with Crippen LogP contribution in [0.2, 0.25) is 0 Å². The van der Waals surface area contributed by atoms with E-state index in [4.69, 9.17) is 0 Å². The molecule has 6 heteroatoms. The summed E-state index contributed by atoms with van der Waals surface area (Å²) in [6.07, 6.45) is 2.20. The van der Waals surface area contributed by atoms with Crippen LogP contribution in [0.1, 0.15) is 71.9 Å². The number of rotatable bonds is 11. The second-order valence-corrected chi connectivity index (χ2v) is 10.7. The molecule has 0 saturated heterocycles. The summed E-state index contributed by atoms with van der Waals surface area (Å²) in [5, 5.41) is 12.0. The normalized spacial score (nSPS) is 13.0. The van der Waals surface area contributed by atoms with Crippen LogP contribution in [0.3, 0.4) is 0 Å². The maximum atomic E-state index is 13.3. The SMILES string of the molecule is CC(C)C.CC[C@H](C(=O)NCC(=O)N(C)[C@H](/C=C(\C)C(=O)O)C(C)C)C(c1ccccc1)c1ccccc1. The number of carboxylic acids is 1. The molecule has 0 aliphatic heterocycles. The van der Waals surface area contributed by atoms with Gasteiger partial charge in [-0.3, -0.25) is 9.59 Å². The van der Waals surface area contributed by atoms with Crippen molar-refractivity contribution in [3.63, 3.8) is 0 Å². The standard InChI is InChI=1S/C28H36N2O4.C4H10/c1-6-23(26(21-13-9-7-10-14-21)22-15-11-8-12-16-22)27(32)29-18-25(31)30(5)24(19(2)3)17-20(4)28(33)34;1-4(2)3/h7-17,19,23-24,26H,6,18H2,1-5H3,(H,29,32)(H,33,34);4H,1-3H3/b20-17+;/t23-,24+;/m0./s1. The van der Waals surface area contributed by atoms with E-state index in [1.807, 2.05) is 81.4 Å². The molecule has 2 atom stereocenters. The van der Waals surface area contributed by atoms with Crippen LogP contribution in [-0.2, 0) is 14.4 Å². The first-order valence-electron chi connectivity index (χ1n) is 13.5. The van der Waals surface area contributed by atoms with Crippen molar-refractivity contribution in [3.05, 3.63) is 83.4 Å². The summed E-state index contributed by atoms with van der Waals surface area (Å²) in [5.74, 6) is -1.10. The van der Waals surface area contributed by atoms with E-state index < -0.39 is 5.97 Å². The first-order valence-corrected chi connectivity index (χ1v) is 13.5. The van der Waals surface area contributed by atoms with Crippen LogP contribution in [0.25, 0.3) is 0 Å². The van der Waals surface area contributed by atoms with E-state index in [-0.39, 0.29) is 47.7 Å². The Labute approximate surface area is 229 Å². The van der Waals surface area contributed by atoms with Crippen molar-refractivity contribution in [3.8, 4) is 0 Å². The van der Waals surface area contributed by atoms with Crippen LogP contribution in [0, 0.1) is 17.8 Å². The minimum atomic E-state index is -1.02. The fourth-order valence-electron chi connectivity index (χ4n) is 4.21. The number of nitrogens with one attached hydrogen (secondary N) is 1. The van der Waals surface area contributed by atoms with Crippen molar-refractivity contribution >= 4 is 17.8 Å². The number of aliphatic carboxylic acids is 1. The summed E-state index contributed by atoms with van der Waals surface area (Å²) in [5.41, 5.74) is 2.28. The molecule has 2 aromatic rings. The van der Waals surface area contributed by atoms with Gasteiger partial charge in [0.2, 0.25) is 11.8 Å². The van der Waals surface area contributed by atoms with Crippen LogP contribution in [0.4, 0.5) is 0 Å². The number of carboxylic acid groups (broad SMARTS) is 1. The van der Waals surface area contributed by atoms with Crippen LogP contribution in [0.15, 0.2) is 72.3 Å². The molecule has 0 aliphatic carbocycles. The molecule has 0 unspecified atom stereocenters. The molecule has 0 bridgehead atoms. The number of benzene rings is 2. The molecule has 38 heavy (non-hydrogen) atoms. The van der Waals surface area contributed by atoms with Crippen molar-refractivity contribution in [2.75, 3.05) is 13.6 Å². The zero-order valence-corrected chi connectivity index (χ0v) is 24.3. The van der Waals surface area contributed by atoms with Gasteiger partial charge in [0.1, 0.15) is 0 Å².